The number of ether oxygens (including phenoxy) is 1. The molecule has 0 spiro atoms. The van der Waals surface area contributed by atoms with Gasteiger partial charge in [0.15, 0.2) is 11.4 Å². The van der Waals surface area contributed by atoms with Crippen molar-refractivity contribution in [2.75, 3.05) is 14.2 Å². The zero-order valence-electron chi connectivity index (χ0n) is 9.64. The molecule has 0 unspecified atom stereocenters. The Bertz CT molecular complexity index is 537. The van der Waals surface area contributed by atoms with Crippen molar-refractivity contribution in [2.24, 2.45) is 0 Å². The summed E-state index contributed by atoms with van der Waals surface area (Å²) in [6.45, 7) is 0.740. The highest BCUT2D eigenvalue weighted by Gasteiger charge is 2.18. The summed E-state index contributed by atoms with van der Waals surface area (Å²) < 4.78 is 37.0. The van der Waals surface area contributed by atoms with E-state index in [1.165, 1.54) is 6.07 Å². The predicted octanol–water partition coefficient (Wildman–Crippen LogP) is 2.58. The fourth-order valence-electron chi connectivity index (χ4n) is 1.81. The van der Waals surface area contributed by atoms with Crippen LogP contribution in [0.2, 0.25) is 0 Å². The third-order valence-electron chi connectivity index (χ3n) is 2.56. The highest BCUT2D eigenvalue weighted by atomic mass is 19.2. The molecule has 92 valence electrons. The standard InChI is InChI=1S/C12H13F2NO2/c1-15-5-10-8(6-16-2)7-3-4-9(13)11(14)12(7)17-10/h3-4,15H,5-6H2,1-2H3. The van der Waals surface area contributed by atoms with E-state index in [2.05, 4.69) is 5.32 Å². The second-order valence-electron chi connectivity index (χ2n) is 3.71. The molecule has 0 radical (unpaired) electrons. The van der Waals surface area contributed by atoms with E-state index in [1.807, 2.05) is 0 Å². The van der Waals surface area contributed by atoms with Crippen LogP contribution in [0.3, 0.4) is 0 Å². The van der Waals surface area contributed by atoms with Crippen LogP contribution in [0.4, 0.5) is 8.78 Å². The van der Waals surface area contributed by atoms with Gasteiger partial charge in [0, 0.05) is 18.1 Å². The van der Waals surface area contributed by atoms with E-state index in [1.54, 1.807) is 14.2 Å². The Morgan fingerprint density at radius 3 is 2.76 bits per heavy atom. The molecule has 0 saturated heterocycles. The molecular weight excluding hydrogens is 228 g/mol. The lowest BCUT2D eigenvalue weighted by atomic mass is 10.1. The first-order valence-electron chi connectivity index (χ1n) is 5.20. The van der Waals surface area contributed by atoms with Crippen molar-refractivity contribution in [3.8, 4) is 0 Å². The third kappa shape index (κ3) is 2.03. The lowest BCUT2D eigenvalue weighted by Crippen LogP contribution is -2.06. The van der Waals surface area contributed by atoms with E-state index in [0.717, 1.165) is 11.6 Å². The van der Waals surface area contributed by atoms with Gasteiger partial charge in [0.1, 0.15) is 5.76 Å². The molecule has 1 aromatic heterocycles. The zero-order valence-corrected chi connectivity index (χ0v) is 9.64. The quantitative estimate of drug-likeness (QED) is 0.893. The van der Waals surface area contributed by atoms with E-state index in [4.69, 9.17) is 9.15 Å². The minimum Gasteiger partial charge on any atom is -0.456 e. The van der Waals surface area contributed by atoms with Crippen LogP contribution in [0.25, 0.3) is 11.0 Å². The van der Waals surface area contributed by atoms with Crippen LogP contribution in [-0.2, 0) is 17.9 Å². The number of furan rings is 1. The summed E-state index contributed by atoms with van der Waals surface area (Å²) in [4.78, 5) is 0. The van der Waals surface area contributed by atoms with Gasteiger partial charge in [0.25, 0.3) is 0 Å². The Kier molecular flexibility index (Phi) is 3.40. The van der Waals surface area contributed by atoms with E-state index in [0.29, 0.717) is 24.3 Å². The largest absolute Gasteiger partial charge is 0.456 e. The van der Waals surface area contributed by atoms with Gasteiger partial charge in [0.2, 0.25) is 5.82 Å². The number of halogens is 2. The Morgan fingerprint density at radius 1 is 1.35 bits per heavy atom. The summed E-state index contributed by atoms with van der Waals surface area (Å²) in [6, 6.07) is 2.60. The number of methoxy groups -OCH3 is 1. The van der Waals surface area contributed by atoms with Crippen LogP contribution in [-0.4, -0.2) is 14.2 Å². The highest BCUT2D eigenvalue weighted by molar-refractivity contribution is 5.82. The van der Waals surface area contributed by atoms with Crippen molar-refractivity contribution in [1.82, 2.24) is 5.32 Å². The maximum absolute atomic E-state index is 13.5. The second kappa shape index (κ2) is 4.81. The molecule has 2 rings (SSSR count). The molecule has 1 N–H and O–H groups in total. The molecule has 1 aromatic carbocycles. The molecule has 0 aliphatic heterocycles. The SMILES string of the molecule is CNCc1oc2c(F)c(F)ccc2c1COC. The van der Waals surface area contributed by atoms with Gasteiger partial charge in [0.05, 0.1) is 13.2 Å². The van der Waals surface area contributed by atoms with E-state index in [-0.39, 0.29) is 5.58 Å². The minimum absolute atomic E-state index is 0.0534. The van der Waals surface area contributed by atoms with Crippen molar-refractivity contribution < 1.29 is 17.9 Å². The van der Waals surface area contributed by atoms with Gasteiger partial charge in [-0.15, -0.1) is 0 Å². The first kappa shape index (κ1) is 12.0. The number of hydrogen-bond donors (Lipinski definition) is 1. The summed E-state index contributed by atoms with van der Waals surface area (Å²) in [7, 11) is 3.29. The van der Waals surface area contributed by atoms with E-state index in [9.17, 15) is 8.78 Å². The van der Waals surface area contributed by atoms with Crippen LogP contribution in [0.15, 0.2) is 16.5 Å². The first-order valence-corrected chi connectivity index (χ1v) is 5.20. The number of nitrogens with one attached hydrogen (secondary N) is 1. The van der Waals surface area contributed by atoms with Crippen LogP contribution in [0.5, 0.6) is 0 Å². The zero-order chi connectivity index (χ0) is 12.4. The highest BCUT2D eigenvalue weighted by Crippen LogP contribution is 2.29. The molecule has 17 heavy (non-hydrogen) atoms. The first-order chi connectivity index (χ1) is 8.19. The molecule has 1 heterocycles. The van der Waals surface area contributed by atoms with Gasteiger partial charge in [-0.1, -0.05) is 0 Å². The molecular formula is C12H13F2NO2. The van der Waals surface area contributed by atoms with Crippen molar-refractivity contribution in [1.29, 1.82) is 0 Å². The Hall–Kier alpha value is -1.46. The van der Waals surface area contributed by atoms with Crippen molar-refractivity contribution in [3.63, 3.8) is 0 Å². The lowest BCUT2D eigenvalue weighted by molar-refractivity contribution is 0.183. The molecule has 0 saturated carbocycles. The van der Waals surface area contributed by atoms with Crippen LogP contribution in [0.1, 0.15) is 11.3 Å². The smallest absolute Gasteiger partial charge is 0.201 e. The summed E-state index contributed by atoms with van der Waals surface area (Å²) >= 11 is 0. The average molecular weight is 241 g/mol. The minimum atomic E-state index is -0.956. The number of benzene rings is 1. The monoisotopic (exact) mass is 241 g/mol. The molecule has 2 aromatic rings. The Labute approximate surface area is 97.4 Å². The third-order valence-corrected chi connectivity index (χ3v) is 2.56. The van der Waals surface area contributed by atoms with Crippen LogP contribution >= 0.6 is 0 Å². The van der Waals surface area contributed by atoms with E-state index >= 15 is 0 Å². The van der Waals surface area contributed by atoms with Crippen molar-refractivity contribution >= 4 is 11.0 Å². The summed E-state index contributed by atoms with van der Waals surface area (Å²) in [5.74, 6) is -1.30. The summed E-state index contributed by atoms with van der Waals surface area (Å²) in [6.07, 6.45) is 0. The van der Waals surface area contributed by atoms with Crippen LogP contribution in [0, 0.1) is 11.6 Å². The normalized spacial score (nSPS) is 11.3. The number of rotatable bonds is 4. The molecule has 0 bridgehead atoms. The second-order valence-corrected chi connectivity index (χ2v) is 3.71. The molecule has 0 fully saturated rings. The maximum Gasteiger partial charge on any atom is 0.201 e. The summed E-state index contributed by atoms with van der Waals surface area (Å²) in [5.41, 5.74) is 0.693. The average Bonchev–Trinajstić information content (AvgIpc) is 2.65. The topological polar surface area (TPSA) is 34.4 Å². The molecule has 0 aliphatic rings. The number of fused-ring (bicyclic) bond motifs is 1. The Balaban J connectivity index is 2.65. The fraction of sp³-hybridized carbons (Fsp3) is 0.333. The van der Waals surface area contributed by atoms with Crippen molar-refractivity contribution in [2.45, 2.75) is 13.2 Å². The van der Waals surface area contributed by atoms with Gasteiger partial charge in [-0.25, -0.2) is 4.39 Å². The molecule has 3 nitrogen and oxygen atoms in total. The van der Waals surface area contributed by atoms with Crippen LogP contribution < -0.4 is 5.32 Å². The molecule has 0 aliphatic carbocycles. The molecule has 0 atom stereocenters. The fourth-order valence-corrected chi connectivity index (χ4v) is 1.81. The molecule has 0 amide bonds. The van der Waals surface area contributed by atoms with Gasteiger partial charge in [-0.05, 0) is 19.2 Å². The van der Waals surface area contributed by atoms with Gasteiger partial charge >= 0.3 is 0 Å². The van der Waals surface area contributed by atoms with Gasteiger partial charge in [-0.3, -0.25) is 0 Å². The van der Waals surface area contributed by atoms with Crippen molar-refractivity contribution in [3.05, 3.63) is 35.1 Å². The maximum atomic E-state index is 13.5. The predicted molar refractivity (Wildman–Crippen MR) is 59.6 cm³/mol. The van der Waals surface area contributed by atoms with Gasteiger partial charge in [-0.2, -0.15) is 4.39 Å². The lowest BCUT2D eigenvalue weighted by Gasteiger charge is -2.00. The van der Waals surface area contributed by atoms with E-state index < -0.39 is 11.6 Å². The molecule has 5 heteroatoms. The number of hydrogen-bond acceptors (Lipinski definition) is 3. The Morgan fingerprint density at radius 2 is 2.12 bits per heavy atom. The summed E-state index contributed by atoms with van der Waals surface area (Å²) in [5, 5.41) is 3.46. The van der Waals surface area contributed by atoms with Gasteiger partial charge < -0.3 is 14.5 Å².